The highest BCUT2D eigenvalue weighted by atomic mass is 16.5. The zero-order valence-corrected chi connectivity index (χ0v) is 16.9. The Hall–Kier alpha value is -2.82. The Balaban J connectivity index is 1.49. The number of benzene rings is 2. The van der Waals surface area contributed by atoms with E-state index in [0.29, 0.717) is 39.0 Å². The molecule has 0 bridgehead atoms. The molecule has 148 valence electrons. The van der Waals surface area contributed by atoms with Crippen LogP contribution in [-0.2, 0) is 11.2 Å². The number of ether oxygens (including phenoxy) is 1. The molecule has 28 heavy (non-hydrogen) atoms. The molecule has 0 radical (unpaired) electrons. The number of nitrogens with zero attached hydrogens (tertiary/aromatic N) is 2. The van der Waals surface area contributed by atoms with Crippen molar-refractivity contribution >= 4 is 11.8 Å². The van der Waals surface area contributed by atoms with Crippen molar-refractivity contribution in [3.05, 3.63) is 64.7 Å². The number of aryl methyl sites for hydroxylation is 3. The van der Waals surface area contributed by atoms with Gasteiger partial charge in [0.1, 0.15) is 5.75 Å². The lowest BCUT2D eigenvalue weighted by molar-refractivity contribution is -0.132. The monoisotopic (exact) mass is 380 g/mol. The van der Waals surface area contributed by atoms with Gasteiger partial charge in [0.25, 0.3) is 5.91 Å². The molecule has 0 spiro atoms. The van der Waals surface area contributed by atoms with Gasteiger partial charge in [-0.3, -0.25) is 9.59 Å². The predicted octanol–water partition coefficient (Wildman–Crippen LogP) is 3.23. The molecular weight excluding hydrogens is 352 g/mol. The second-order valence-corrected chi connectivity index (χ2v) is 7.40. The lowest BCUT2D eigenvalue weighted by Crippen LogP contribution is -2.50. The van der Waals surface area contributed by atoms with Crippen LogP contribution in [0.15, 0.2) is 42.5 Å². The molecule has 0 atom stereocenters. The first-order chi connectivity index (χ1) is 13.5. The molecule has 2 aromatic rings. The van der Waals surface area contributed by atoms with Gasteiger partial charge in [0.05, 0.1) is 7.11 Å². The minimum absolute atomic E-state index is 0.0529. The zero-order valence-electron chi connectivity index (χ0n) is 16.9. The van der Waals surface area contributed by atoms with E-state index in [0.717, 1.165) is 28.0 Å². The van der Waals surface area contributed by atoms with E-state index in [9.17, 15) is 9.59 Å². The van der Waals surface area contributed by atoms with Crippen LogP contribution in [0.2, 0.25) is 0 Å². The van der Waals surface area contributed by atoms with Gasteiger partial charge in [-0.1, -0.05) is 29.3 Å². The van der Waals surface area contributed by atoms with Crippen LogP contribution in [0.3, 0.4) is 0 Å². The third-order valence-corrected chi connectivity index (χ3v) is 5.17. The highest BCUT2D eigenvalue weighted by Crippen LogP contribution is 2.15. The van der Waals surface area contributed by atoms with Crippen molar-refractivity contribution in [1.82, 2.24) is 9.80 Å². The number of hydrogen-bond donors (Lipinski definition) is 0. The molecule has 0 unspecified atom stereocenters. The van der Waals surface area contributed by atoms with Crippen molar-refractivity contribution < 1.29 is 14.3 Å². The standard InChI is InChI=1S/C23H28N2O3/c1-17-14-18(2)16-20(15-17)23(27)25-12-10-24(11-13-25)22(26)9-6-19-4-7-21(28-3)8-5-19/h4-5,7-8,14-16H,6,9-13H2,1-3H3. The fourth-order valence-corrected chi connectivity index (χ4v) is 3.64. The molecule has 1 aliphatic rings. The first-order valence-corrected chi connectivity index (χ1v) is 9.74. The quantitative estimate of drug-likeness (QED) is 0.800. The summed E-state index contributed by atoms with van der Waals surface area (Å²) in [5.41, 5.74) is 4.04. The Kier molecular flexibility index (Phi) is 6.34. The summed E-state index contributed by atoms with van der Waals surface area (Å²) < 4.78 is 5.16. The minimum Gasteiger partial charge on any atom is -0.497 e. The molecule has 1 saturated heterocycles. The van der Waals surface area contributed by atoms with E-state index in [1.165, 1.54) is 0 Å². The van der Waals surface area contributed by atoms with E-state index < -0.39 is 0 Å². The molecule has 5 nitrogen and oxygen atoms in total. The molecule has 2 aromatic carbocycles. The third-order valence-electron chi connectivity index (χ3n) is 5.17. The third kappa shape index (κ3) is 4.91. The Labute approximate surface area is 166 Å². The summed E-state index contributed by atoms with van der Waals surface area (Å²) in [4.78, 5) is 29.0. The highest BCUT2D eigenvalue weighted by Gasteiger charge is 2.24. The van der Waals surface area contributed by atoms with Gasteiger partial charge >= 0.3 is 0 Å². The summed E-state index contributed by atoms with van der Waals surface area (Å²) >= 11 is 0. The van der Waals surface area contributed by atoms with E-state index in [2.05, 4.69) is 6.07 Å². The average molecular weight is 380 g/mol. The Bertz CT molecular complexity index is 817. The maximum Gasteiger partial charge on any atom is 0.253 e. The number of hydrogen-bond acceptors (Lipinski definition) is 3. The van der Waals surface area contributed by atoms with Crippen molar-refractivity contribution in [2.75, 3.05) is 33.3 Å². The van der Waals surface area contributed by atoms with Crippen LogP contribution in [0.5, 0.6) is 5.75 Å². The van der Waals surface area contributed by atoms with E-state index >= 15 is 0 Å². The molecule has 5 heteroatoms. The molecule has 1 heterocycles. The van der Waals surface area contributed by atoms with E-state index in [-0.39, 0.29) is 11.8 Å². The summed E-state index contributed by atoms with van der Waals surface area (Å²) in [5.74, 6) is 1.02. The van der Waals surface area contributed by atoms with Gasteiger partial charge in [-0.2, -0.15) is 0 Å². The van der Waals surface area contributed by atoms with Crippen LogP contribution in [0.25, 0.3) is 0 Å². The Morgan fingerprint density at radius 1 is 0.893 bits per heavy atom. The maximum absolute atomic E-state index is 12.8. The zero-order chi connectivity index (χ0) is 20.1. The minimum atomic E-state index is 0.0529. The van der Waals surface area contributed by atoms with E-state index in [1.807, 2.05) is 60.0 Å². The molecule has 1 fully saturated rings. The van der Waals surface area contributed by atoms with E-state index in [4.69, 9.17) is 4.74 Å². The average Bonchev–Trinajstić information content (AvgIpc) is 2.71. The van der Waals surface area contributed by atoms with Crippen LogP contribution >= 0.6 is 0 Å². The number of carbonyl (C=O) groups is 2. The van der Waals surface area contributed by atoms with Crippen LogP contribution < -0.4 is 4.74 Å². The Morgan fingerprint density at radius 3 is 2.04 bits per heavy atom. The van der Waals surface area contributed by atoms with Gasteiger partial charge in [0.2, 0.25) is 5.91 Å². The van der Waals surface area contributed by atoms with Gasteiger partial charge in [0.15, 0.2) is 0 Å². The number of methoxy groups -OCH3 is 1. The normalized spacial score (nSPS) is 14.1. The van der Waals surface area contributed by atoms with Crippen LogP contribution in [0.4, 0.5) is 0 Å². The van der Waals surface area contributed by atoms with E-state index in [1.54, 1.807) is 7.11 Å². The molecule has 2 amide bonds. The molecule has 3 rings (SSSR count). The summed E-state index contributed by atoms with van der Waals surface area (Å²) in [6, 6.07) is 13.7. The topological polar surface area (TPSA) is 49.9 Å². The molecular formula is C23H28N2O3. The Morgan fingerprint density at radius 2 is 1.46 bits per heavy atom. The summed E-state index contributed by atoms with van der Waals surface area (Å²) in [6.07, 6.45) is 1.20. The second-order valence-electron chi connectivity index (χ2n) is 7.40. The highest BCUT2D eigenvalue weighted by molar-refractivity contribution is 5.94. The first kappa shape index (κ1) is 19.9. The predicted molar refractivity (Wildman–Crippen MR) is 110 cm³/mol. The van der Waals surface area contributed by atoms with Crippen molar-refractivity contribution in [3.8, 4) is 5.75 Å². The van der Waals surface area contributed by atoms with Crippen molar-refractivity contribution in [2.45, 2.75) is 26.7 Å². The van der Waals surface area contributed by atoms with Crippen LogP contribution in [0.1, 0.15) is 33.5 Å². The number of amides is 2. The number of piperazine rings is 1. The summed E-state index contributed by atoms with van der Waals surface area (Å²) in [7, 11) is 1.64. The smallest absolute Gasteiger partial charge is 0.253 e. The largest absolute Gasteiger partial charge is 0.497 e. The van der Waals surface area contributed by atoms with Gasteiger partial charge in [-0.25, -0.2) is 0 Å². The fraction of sp³-hybridized carbons (Fsp3) is 0.391. The van der Waals surface area contributed by atoms with Crippen molar-refractivity contribution in [3.63, 3.8) is 0 Å². The van der Waals surface area contributed by atoms with Crippen molar-refractivity contribution in [1.29, 1.82) is 0 Å². The van der Waals surface area contributed by atoms with Gasteiger partial charge in [-0.05, 0) is 50.1 Å². The van der Waals surface area contributed by atoms with Crippen LogP contribution in [0, 0.1) is 13.8 Å². The summed E-state index contributed by atoms with van der Waals surface area (Å²) in [6.45, 7) is 6.36. The SMILES string of the molecule is COc1ccc(CCC(=O)N2CCN(C(=O)c3cc(C)cc(C)c3)CC2)cc1. The van der Waals surface area contributed by atoms with Gasteiger partial charge < -0.3 is 14.5 Å². The van der Waals surface area contributed by atoms with Crippen molar-refractivity contribution in [2.24, 2.45) is 0 Å². The van der Waals surface area contributed by atoms with Gasteiger partial charge in [0, 0.05) is 38.2 Å². The second kappa shape index (κ2) is 8.91. The van der Waals surface area contributed by atoms with Crippen LogP contribution in [-0.4, -0.2) is 54.9 Å². The maximum atomic E-state index is 12.8. The molecule has 0 saturated carbocycles. The molecule has 0 N–H and O–H groups in total. The lowest BCUT2D eigenvalue weighted by atomic mass is 10.1. The number of rotatable bonds is 5. The molecule has 1 aliphatic heterocycles. The molecule has 0 aromatic heterocycles. The molecule has 0 aliphatic carbocycles. The van der Waals surface area contributed by atoms with Gasteiger partial charge in [-0.15, -0.1) is 0 Å². The first-order valence-electron chi connectivity index (χ1n) is 9.74. The fourth-order valence-electron chi connectivity index (χ4n) is 3.64. The lowest BCUT2D eigenvalue weighted by Gasteiger charge is -2.35. The summed E-state index contributed by atoms with van der Waals surface area (Å²) in [5, 5.41) is 0. The number of carbonyl (C=O) groups excluding carboxylic acids is 2.